The largest absolute Gasteiger partial charge is 0.370 e. The molecule has 5 heteroatoms. The Labute approximate surface area is 103 Å². The highest BCUT2D eigenvalue weighted by Gasteiger charge is 2.14. The van der Waals surface area contributed by atoms with Crippen molar-refractivity contribution in [2.75, 3.05) is 6.54 Å². The van der Waals surface area contributed by atoms with E-state index in [0.717, 1.165) is 0 Å². The summed E-state index contributed by atoms with van der Waals surface area (Å²) in [5.74, 6) is 0.492. The van der Waals surface area contributed by atoms with Gasteiger partial charge in [-0.15, -0.1) is 0 Å². The molecule has 0 aromatic heterocycles. The third-order valence-electron chi connectivity index (χ3n) is 2.78. The van der Waals surface area contributed by atoms with Gasteiger partial charge in [-0.1, -0.05) is 12.8 Å². The second-order valence-electron chi connectivity index (χ2n) is 4.86. The fourth-order valence-corrected chi connectivity index (χ4v) is 2.00. The molecule has 1 saturated carbocycles. The lowest BCUT2D eigenvalue weighted by molar-refractivity contribution is -0.121. The van der Waals surface area contributed by atoms with Gasteiger partial charge in [-0.2, -0.15) is 0 Å². The molecule has 1 aliphatic carbocycles. The van der Waals surface area contributed by atoms with E-state index >= 15 is 0 Å². The van der Waals surface area contributed by atoms with Gasteiger partial charge in [-0.3, -0.25) is 9.79 Å². The molecule has 0 aliphatic heterocycles. The fraction of sp³-hybridized carbons (Fsp3) is 0.833. The number of hydrogen-bond acceptors (Lipinski definition) is 2. The van der Waals surface area contributed by atoms with Crippen LogP contribution in [-0.2, 0) is 4.79 Å². The van der Waals surface area contributed by atoms with Gasteiger partial charge in [-0.25, -0.2) is 0 Å². The Hall–Kier alpha value is -1.26. The molecule has 0 radical (unpaired) electrons. The van der Waals surface area contributed by atoms with Gasteiger partial charge in [-0.05, 0) is 26.7 Å². The Bertz CT molecular complexity index is 270. The van der Waals surface area contributed by atoms with Crippen molar-refractivity contribution in [2.45, 2.75) is 58.0 Å². The minimum absolute atomic E-state index is 0.0254. The minimum atomic E-state index is 0.0254. The molecule has 17 heavy (non-hydrogen) atoms. The molecule has 0 unspecified atom stereocenters. The molecule has 1 fully saturated rings. The lowest BCUT2D eigenvalue weighted by atomic mass is 10.2. The molecule has 5 nitrogen and oxygen atoms in total. The van der Waals surface area contributed by atoms with Gasteiger partial charge >= 0.3 is 0 Å². The molecule has 0 aromatic carbocycles. The number of carbonyl (C=O) groups excluding carboxylic acids is 1. The molecule has 1 rings (SSSR count). The Kier molecular flexibility index (Phi) is 5.80. The second-order valence-corrected chi connectivity index (χ2v) is 4.86. The summed E-state index contributed by atoms with van der Waals surface area (Å²) in [5.41, 5.74) is 5.75. The number of nitrogens with zero attached hydrogens (tertiary/aromatic N) is 1. The summed E-state index contributed by atoms with van der Waals surface area (Å²) in [6.07, 6.45) is 5.27. The van der Waals surface area contributed by atoms with Crippen molar-refractivity contribution in [1.29, 1.82) is 0 Å². The van der Waals surface area contributed by atoms with Gasteiger partial charge in [0.1, 0.15) is 0 Å². The molecule has 1 aliphatic rings. The summed E-state index contributed by atoms with van der Waals surface area (Å²) in [7, 11) is 0. The molecule has 0 aromatic rings. The predicted molar refractivity (Wildman–Crippen MR) is 69.8 cm³/mol. The van der Waals surface area contributed by atoms with E-state index in [0.29, 0.717) is 25.0 Å². The van der Waals surface area contributed by atoms with Crippen LogP contribution in [0, 0.1) is 0 Å². The standard InChI is InChI=1S/C12H24N4O/c1-9(2)15-11(17)7-8-14-12(13)16-10-5-3-4-6-10/h9-10H,3-8H2,1-2H3,(H,15,17)(H3,13,14,16). The Balaban J connectivity index is 2.16. The molecule has 98 valence electrons. The Morgan fingerprint density at radius 3 is 2.65 bits per heavy atom. The number of aliphatic imine (C=N–C) groups is 1. The Morgan fingerprint density at radius 2 is 2.06 bits per heavy atom. The number of amides is 1. The lowest BCUT2D eigenvalue weighted by Crippen LogP contribution is -2.38. The van der Waals surface area contributed by atoms with E-state index < -0.39 is 0 Å². The molecule has 0 bridgehead atoms. The van der Waals surface area contributed by atoms with Gasteiger partial charge in [0.15, 0.2) is 5.96 Å². The summed E-state index contributed by atoms with van der Waals surface area (Å²) >= 11 is 0. The molecule has 4 N–H and O–H groups in total. The van der Waals surface area contributed by atoms with Crippen molar-refractivity contribution >= 4 is 11.9 Å². The highest BCUT2D eigenvalue weighted by Crippen LogP contribution is 2.17. The van der Waals surface area contributed by atoms with Crippen molar-refractivity contribution in [3.63, 3.8) is 0 Å². The average molecular weight is 240 g/mol. The second kappa shape index (κ2) is 7.14. The topological polar surface area (TPSA) is 79.5 Å². The van der Waals surface area contributed by atoms with Crippen LogP contribution in [0.4, 0.5) is 0 Å². The lowest BCUT2D eigenvalue weighted by Gasteiger charge is -2.12. The highest BCUT2D eigenvalue weighted by atomic mass is 16.1. The SMILES string of the molecule is CC(C)NC(=O)CCN=C(N)NC1CCCC1. The van der Waals surface area contributed by atoms with Crippen molar-refractivity contribution in [3.8, 4) is 0 Å². The van der Waals surface area contributed by atoms with Crippen molar-refractivity contribution in [1.82, 2.24) is 10.6 Å². The van der Waals surface area contributed by atoms with Crippen molar-refractivity contribution in [3.05, 3.63) is 0 Å². The molecule has 0 saturated heterocycles. The molecule has 0 heterocycles. The average Bonchev–Trinajstić information content (AvgIpc) is 2.69. The van der Waals surface area contributed by atoms with Crippen LogP contribution in [-0.4, -0.2) is 30.5 Å². The van der Waals surface area contributed by atoms with E-state index in [1.54, 1.807) is 0 Å². The molecule has 1 amide bonds. The third kappa shape index (κ3) is 6.14. The van der Waals surface area contributed by atoms with Crippen LogP contribution in [0.3, 0.4) is 0 Å². The zero-order chi connectivity index (χ0) is 12.7. The molecule has 0 atom stereocenters. The van der Waals surface area contributed by atoms with Gasteiger partial charge < -0.3 is 16.4 Å². The summed E-state index contributed by atoms with van der Waals surface area (Å²) in [6.45, 7) is 4.33. The van der Waals surface area contributed by atoms with Gasteiger partial charge in [0.05, 0.1) is 6.54 Å². The predicted octanol–water partition coefficient (Wildman–Crippen LogP) is 0.748. The van der Waals surface area contributed by atoms with E-state index in [4.69, 9.17) is 5.73 Å². The van der Waals surface area contributed by atoms with E-state index in [-0.39, 0.29) is 11.9 Å². The first kappa shape index (κ1) is 13.8. The summed E-state index contributed by atoms with van der Waals surface area (Å²) in [5, 5.41) is 6.01. The maximum Gasteiger partial charge on any atom is 0.222 e. The van der Waals surface area contributed by atoms with E-state index in [1.165, 1.54) is 25.7 Å². The number of guanidine groups is 1. The zero-order valence-corrected chi connectivity index (χ0v) is 10.8. The van der Waals surface area contributed by atoms with Crippen molar-refractivity contribution in [2.24, 2.45) is 10.7 Å². The first-order chi connectivity index (χ1) is 8.08. The normalized spacial score (nSPS) is 17.5. The Morgan fingerprint density at radius 1 is 1.41 bits per heavy atom. The quantitative estimate of drug-likeness (QED) is 0.490. The number of rotatable bonds is 5. The number of nitrogens with one attached hydrogen (secondary N) is 2. The number of hydrogen-bond donors (Lipinski definition) is 3. The molecular formula is C12H24N4O. The number of carbonyl (C=O) groups is 1. The zero-order valence-electron chi connectivity index (χ0n) is 10.8. The maximum atomic E-state index is 11.3. The van der Waals surface area contributed by atoms with E-state index in [9.17, 15) is 4.79 Å². The van der Waals surface area contributed by atoms with E-state index in [1.807, 2.05) is 13.8 Å². The van der Waals surface area contributed by atoms with Crippen molar-refractivity contribution < 1.29 is 4.79 Å². The van der Waals surface area contributed by atoms with Gasteiger partial charge in [0.2, 0.25) is 5.91 Å². The maximum absolute atomic E-state index is 11.3. The number of nitrogens with two attached hydrogens (primary N) is 1. The van der Waals surface area contributed by atoms with Crippen LogP contribution in [0.25, 0.3) is 0 Å². The van der Waals surface area contributed by atoms with Crippen LogP contribution in [0.2, 0.25) is 0 Å². The summed E-state index contributed by atoms with van der Waals surface area (Å²) in [6, 6.07) is 0.656. The van der Waals surface area contributed by atoms with Crippen LogP contribution >= 0.6 is 0 Å². The smallest absolute Gasteiger partial charge is 0.222 e. The summed E-state index contributed by atoms with van der Waals surface area (Å²) in [4.78, 5) is 15.5. The first-order valence-electron chi connectivity index (χ1n) is 6.43. The summed E-state index contributed by atoms with van der Waals surface area (Å²) < 4.78 is 0. The monoisotopic (exact) mass is 240 g/mol. The first-order valence-corrected chi connectivity index (χ1v) is 6.43. The molecular weight excluding hydrogens is 216 g/mol. The molecule has 0 spiro atoms. The minimum Gasteiger partial charge on any atom is -0.370 e. The van der Waals surface area contributed by atoms with Crippen LogP contribution in [0.15, 0.2) is 4.99 Å². The van der Waals surface area contributed by atoms with Gasteiger partial charge in [0, 0.05) is 18.5 Å². The van der Waals surface area contributed by atoms with Crippen LogP contribution in [0.5, 0.6) is 0 Å². The van der Waals surface area contributed by atoms with E-state index in [2.05, 4.69) is 15.6 Å². The fourth-order valence-electron chi connectivity index (χ4n) is 2.00. The van der Waals surface area contributed by atoms with Crippen LogP contribution < -0.4 is 16.4 Å². The highest BCUT2D eigenvalue weighted by molar-refractivity contribution is 5.79. The third-order valence-corrected chi connectivity index (χ3v) is 2.78. The van der Waals surface area contributed by atoms with Gasteiger partial charge in [0.25, 0.3) is 0 Å². The van der Waals surface area contributed by atoms with Crippen LogP contribution in [0.1, 0.15) is 46.0 Å².